The predicted molar refractivity (Wildman–Crippen MR) is 109 cm³/mol. The average molecular weight is 430 g/mol. The van der Waals surface area contributed by atoms with Gasteiger partial charge < -0.3 is 18.4 Å². The van der Waals surface area contributed by atoms with E-state index in [0.29, 0.717) is 10.5 Å². The molecule has 0 aliphatic heterocycles. The third kappa shape index (κ3) is 5.45. The van der Waals surface area contributed by atoms with Crippen LogP contribution in [0.15, 0.2) is 29.2 Å². The summed E-state index contributed by atoms with van der Waals surface area (Å²) in [6, 6.07) is 4.71. The van der Waals surface area contributed by atoms with E-state index < -0.39 is 19.0 Å². The molecule has 0 saturated carbocycles. The van der Waals surface area contributed by atoms with Crippen molar-refractivity contribution in [2.45, 2.75) is 53.1 Å². The lowest BCUT2D eigenvalue weighted by atomic mass is 10.1. The summed E-state index contributed by atoms with van der Waals surface area (Å²) in [5, 5.41) is 0.566. The van der Waals surface area contributed by atoms with Crippen LogP contribution in [0.1, 0.15) is 45.0 Å². The van der Waals surface area contributed by atoms with Gasteiger partial charge in [-0.15, -0.1) is 0 Å². The van der Waals surface area contributed by atoms with Gasteiger partial charge in [0.05, 0.1) is 24.3 Å². The molecule has 0 amide bonds. The van der Waals surface area contributed by atoms with Crippen molar-refractivity contribution >= 4 is 36.1 Å². The minimum atomic E-state index is -3.57. The maximum atomic E-state index is 13.3. The molecule has 28 heavy (non-hydrogen) atoms. The highest BCUT2D eigenvalue weighted by molar-refractivity contribution is 7.52. The summed E-state index contributed by atoms with van der Waals surface area (Å²) in [4.78, 5) is 25.0. The zero-order chi connectivity index (χ0) is 21.1. The van der Waals surface area contributed by atoms with Gasteiger partial charge in [-0.2, -0.15) is 0 Å². The standard InChI is InChI=1S/C19H25ClNO6P/c1-6-25-19(23)16-10-21(11-28(24,26-12(2)3)27-13(4)5)17-8-7-14(20)9-15(17)18(16)22/h7-10,12-13H,6,11H2,1-5H3. The summed E-state index contributed by atoms with van der Waals surface area (Å²) < 4.78 is 31.0. The quantitative estimate of drug-likeness (QED) is 0.441. The van der Waals surface area contributed by atoms with Crippen molar-refractivity contribution in [3.05, 3.63) is 45.2 Å². The van der Waals surface area contributed by atoms with Crippen molar-refractivity contribution in [1.82, 2.24) is 4.57 Å². The molecule has 0 atom stereocenters. The van der Waals surface area contributed by atoms with E-state index in [1.807, 2.05) is 0 Å². The average Bonchev–Trinajstić information content (AvgIpc) is 2.55. The first-order valence-electron chi connectivity index (χ1n) is 9.02. The second-order valence-electron chi connectivity index (χ2n) is 6.78. The molecule has 1 aromatic heterocycles. The van der Waals surface area contributed by atoms with E-state index >= 15 is 0 Å². The minimum absolute atomic E-state index is 0.122. The van der Waals surface area contributed by atoms with E-state index in [0.717, 1.165) is 0 Å². The first-order chi connectivity index (χ1) is 13.1. The lowest BCUT2D eigenvalue weighted by Gasteiger charge is -2.24. The van der Waals surface area contributed by atoms with Gasteiger partial charge in [0, 0.05) is 16.6 Å². The summed E-state index contributed by atoms with van der Waals surface area (Å²) in [5.74, 6) is -0.757. The zero-order valence-corrected chi connectivity index (χ0v) is 18.3. The molecule has 0 fully saturated rings. The molecule has 0 aliphatic rings. The van der Waals surface area contributed by atoms with E-state index in [1.165, 1.54) is 16.8 Å². The minimum Gasteiger partial charge on any atom is -0.462 e. The monoisotopic (exact) mass is 429 g/mol. The number of pyridine rings is 1. The van der Waals surface area contributed by atoms with Gasteiger partial charge in [-0.1, -0.05) is 11.6 Å². The molecule has 0 spiro atoms. The Balaban J connectivity index is 2.67. The fraction of sp³-hybridized carbons (Fsp3) is 0.474. The van der Waals surface area contributed by atoms with Crippen LogP contribution < -0.4 is 5.43 Å². The smallest absolute Gasteiger partial charge is 0.350 e. The molecule has 0 saturated heterocycles. The summed E-state index contributed by atoms with van der Waals surface area (Å²) in [6.07, 6.45) is 0.480. The maximum Gasteiger partial charge on any atom is 0.350 e. The molecule has 154 valence electrons. The van der Waals surface area contributed by atoms with E-state index in [-0.39, 0.29) is 36.1 Å². The molecule has 2 aromatic rings. The summed E-state index contributed by atoms with van der Waals surface area (Å²) in [5.41, 5.74) is -0.212. The maximum absolute atomic E-state index is 13.3. The van der Waals surface area contributed by atoms with Gasteiger partial charge >= 0.3 is 13.6 Å². The Hall–Kier alpha value is -1.66. The van der Waals surface area contributed by atoms with Gasteiger partial charge in [0.2, 0.25) is 5.43 Å². The van der Waals surface area contributed by atoms with Crippen LogP contribution in [0.5, 0.6) is 0 Å². The lowest BCUT2D eigenvalue weighted by Crippen LogP contribution is -2.22. The summed E-state index contributed by atoms with van der Waals surface area (Å²) in [7, 11) is -3.57. The first kappa shape index (κ1) is 22.6. The Bertz CT molecular complexity index is 955. The highest BCUT2D eigenvalue weighted by Crippen LogP contribution is 2.52. The number of rotatable bonds is 8. The Labute approximate surface area is 169 Å². The van der Waals surface area contributed by atoms with E-state index in [4.69, 9.17) is 25.4 Å². The van der Waals surface area contributed by atoms with Crippen LogP contribution in [-0.4, -0.2) is 29.4 Å². The summed E-state index contributed by atoms with van der Waals surface area (Å²) in [6.45, 7) is 8.79. The molecule has 0 bridgehead atoms. The SMILES string of the molecule is CCOC(=O)c1cn(CP(=O)(OC(C)C)OC(C)C)c2ccc(Cl)cc2c1=O. The van der Waals surface area contributed by atoms with Crippen LogP contribution in [0.4, 0.5) is 0 Å². The molecule has 7 nitrogen and oxygen atoms in total. The van der Waals surface area contributed by atoms with Crippen molar-refractivity contribution in [2.24, 2.45) is 0 Å². The molecular formula is C19H25ClNO6P. The molecule has 2 rings (SSSR count). The molecule has 0 N–H and O–H groups in total. The van der Waals surface area contributed by atoms with Crippen molar-refractivity contribution in [3.8, 4) is 0 Å². The van der Waals surface area contributed by atoms with Crippen LogP contribution in [0.25, 0.3) is 10.9 Å². The van der Waals surface area contributed by atoms with Gasteiger partial charge in [0.1, 0.15) is 11.8 Å². The topological polar surface area (TPSA) is 83.8 Å². The highest BCUT2D eigenvalue weighted by Gasteiger charge is 2.30. The number of halogens is 1. The number of fused-ring (bicyclic) bond motifs is 1. The van der Waals surface area contributed by atoms with Crippen LogP contribution in [0.2, 0.25) is 5.02 Å². The van der Waals surface area contributed by atoms with Crippen LogP contribution in [0, 0.1) is 0 Å². The zero-order valence-electron chi connectivity index (χ0n) is 16.6. The first-order valence-corrected chi connectivity index (χ1v) is 11.1. The second-order valence-corrected chi connectivity index (χ2v) is 9.15. The normalized spacial score (nSPS) is 12.1. The number of esters is 1. The van der Waals surface area contributed by atoms with Gasteiger partial charge in [0.25, 0.3) is 0 Å². The number of ether oxygens (including phenoxy) is 1. The lowest BCUT2D eigenvalue weighted by molar-refractivity contribution is 0.0523. The molecule has 0 unspecified atom stereocenters. The van der Waals surface area contributed by atoms with Gasteiger partial charge in [-0.05, 0) is 52.8 Å². The molecule has 9 heteroatoms. The Morgan fingerprint density at radius 3 is 2.32 bits per heavy atom. The Morgan fingerprint density at radius 1 is 1.18 bits per heavy atom. The molecule has 0 aliphatic carbocycles. The predicted octanol–water partition coefficient (Wildman–Crippen LogP) is 4.83. The van der Waals surface area contributed by atoms with Crippen LogP contribution >= 0.6 is 19.2 Å². The van der Waals surface area contributed by atoms with Gasteiger partial charge in [-0.3, -0.25) is 9.36 Å². The molecule has 0 radical (unpaired) electrons. The number of hydrogen-bond acceptors (Lipinski definition) is 6. The third-order valence-corrected chi connectivity index (χ3v) is 5.98. The molecule has 1 aromatic carbocycles. The summed E-state index contributed by atoms with van der Waals surface area (Å²) >= 11 is 6.04. The van der Waals surface area contributed by atoms with Crippen LogP contribution in [0.3, 0.4) is 0 Å². The number of aromatic nitrogens is 1. The third-order valence-electron chi connectivity index (χ3n) is 3.61. The molecular weight excluding hydrogens is 405 g/mol. The number of carbonyl (C=O) groups is 1. The largest absolute Gasteiger partial charge is 0.462 e. The van der Waals surface area contributed by atoms with Crippen molar-refractivity contribution in [3.63, 3.8) is 0 Å². The van der Waals surface area contributed by atoms with Crippen molar-refractivity contribution < 1.29 is 23.1 Å². The number of nitrogens with zero attached hydrogens (tertiary/aromatic N) is 1. The highest BCUT2D eigenvalue weighted by atomic mass is 35.5. The second kappa shape index (κ2) is 9.23. The van der Waals surface area contributed by atoms with Crippen LogP contribution in [-0.2, 0) is 24.6 Å². The van der Waals surface area contributed by atoms with Gasteiger partial charge in [0.15, 0.2) is 0 Å². The molecule has 1 heterocycles. The fourth-order valence-corrected chi connectivity index (χ4v) is 5.01. The Kier molecular flexibility index (Phi) is 7.46. The van der Waals surface area contributed by atoms with E-state index in [9.17, 15) is 14.2 Å². The van der Waals surface area contributed by atoms with E-state index in [1.54, 1.807) is 46.8 Å². The fourth-order valence-electron chi connectivity index (χ4n) is 2.76. The van der Waals surface area contributed by atoms with Gasteiger partial charge in [-0.25, -0.2) is 4.79 Å². The number of benzene rings is 1. The Morgan fingerprint density at radius 2 is 1.79 bits per heavy atom. The number of carbonyl (C=O) groups excluding carboxylic acids is 1. The van der Waals surface area contributed by atoms with Crippen molar-refractivity contribution in [2.75, 3.05) is 6.61 Å². The van der Waals surface area contributed by atoms with E-state index in [2.05, 4.69) is 0 Å². The number of hydrogen-bond donors (Lipinski definition) is 0. The van der Waals surface area contributed by atoms with Crippen molar-refractivity contribution in [1.29, 1.82) is 0 Å².